The van der Waals surface area contributed by atoms with Crippen molar-refractivity contribution in [2.75, 3.05) is 5.43 Å². The number of rotatable bonds is 4. The highest BCUT2D eigenvalue weighted by atomic mass is 15.3. The quantitative estimate of drug-likeness (QED) is 0.683. The van der Waals surface area contributed by atoms with Gasteiger partial charge in [0.15, 0.2) is 5.82 Å². The van der Waals surface area contributed by atoms with Crippen molar-refractivity contribution in [3.8, 4) is 23.5 Å². The third-order valence-electron chi connectivity index (χ3n) is 2.77. The second-order valence-electron chi connectivity index (χ2n) is 4.14. The fourth-order valence-electron chi connectivity index (χ4n) is 1.58. The smallest absolute Gasteiger partial charge is 0.237 e. The number of aryl methyl sites for hydroxylation is 1. The number of hydrogen-bond donors (Lipinski definition) is 1. The second-order valence-corrected chi connectivity index (χ2v) is 4.14. The number of nitriles is 2. The van der Waals surface area contributed by atoms with Crippen molar-refractivity contribution in [1.82, 2.24) is 9.97 Å². The average Bonchev–Trinajstić information content (AvgIpc) is 2.56. The molecule has 0 saturated carbocycles. The Kier molecular flexibility index (Phi) is 4.58. The van der Waals surface area contributed by atoms with E-state index < -0.39 is 0 Å². The van der Waals surface area contributed by atoms with E-state index in [4.69, 9.17) is 10.5 Å². The first kappa shape index (κ1) is 14.2. The van der Waals surface area contributed by atoms with Gasteiger partial charge in [-0.15, -0.1) is 0 Å². The zero-order valence-electron chi connectivity index (χ0n) is 11.4. The lowest BCUT2D eigenvalue weighted by Crippen LogP contribution is -1.96. The zero-order chi connectivity index (χ0) is 15.1. The van der Waals surface area contributed by atoms with Crippen molar-refractivity contribution in [2.45, 2.75) is 13.3 Å². The van der Waals surface area contributed by atoms with E-state index in [0.717, 1.165) is 17.5 Å². The first-order chi connectivity index (χ1) is 10.3. The molecule has 0 aliphatic rings. The molecule has 0 aliphatic heterocycles. The lowest BCUT2D eigenvalue weighted by atomic mass is 10.2. The summed E-state index contributed by atoms with van der Waals surface area (Å²) >= 11 is 0. The molecular weight excluding hydrogens is 264 g/mol. The number of anilines is 1. The molecule has 1 N–H and O–H groups in total. The Balaban J connectivity index is 2.13. The zero-order valence-corrected chi connectivity index (χ0v) is 11.4. The standard InChI is InChI=1S/C15H12N6/c1-2-11-9-18-15(19-10-11)12-3-5-13(6-4-12)20-21-14(7-16)8-17/h3-6,9-10,20H,2H2,1H3. The summed E-state index contributed by atoms with van der Waals surface area (Å²) in [7, 11) is 0. The van der Waals surface area contributed by atoms with Gasteiger partial charge in [-0.05, 0) is 36.2 Å². The normalized spacial score (nSPS) is 9.29. The number of aromatic nitrogens is 2. The number of hydrogen-bond acceptors (Lipinski definition) is 6. The van der Waals surface area contributed by atoms with Crippen LogP contribution in [0, 0.1) is 22.7 Å². The van der Waals surface area contributed by atoms with Crippen molar-refractivity contribution in [3.63, 3.8) is 0 Å². The van der Waals surface area contributed by atoms with Crippen molar-refractivity contribution >= 4 is 11.4 Å². The van der Waals surface area contributed by atoms with E-state index in [0.29, 0.717) is 11.5 Å². The van der Waals surface area contributed by atoms with Gasteiger partial charge < -0.3 is 0 Å². The van der Waals surface area contributed by atoms with E-state index in [1.54, 1.807) is 24.3 Å². The monoisotopic (exact) mass is 276 g/mol. The van der Waals surface area contributed by atoms with E-state index in [1.807, 2.05) is 24.5 Å². The van der Waals surface area contributed by atoms with Gasteiger partial charge in [0, 0.05) is 18.0 Å². The molecule has 0 atom stereocenters. The van der Waals surface area contributed by atoms with Gasteiger partial charge in [-0.1, -0.05) is 6.92 Å². The highest BCUT2D eigenvalue weighted by molar-refractivity contribution is 6.10. The molecular formula is C15H12N6. The van der Waals surface area contributed by atoms with Crippen LogP contribution in [0.3, 0.4) is 0 Å². The Morgan fingerprint density at radius 1 is 1.14 bits per heavy atom. The van der Waals surface area contributed by atoms with Crippen LogP contribution in [-0.4, -0.2) is 15.7 Å². The van der Waals surface area contributed by atoms with Gasteiger partial charge in [0.2, 0.25) is 5.71 Å². The molecule has 0 aliphatic carbocycles. The minimum absolute atomic E-state index is 0.224. The molecule has 0 saturated heterocycles. The first-order valence-corrected chi connectivity index (χ1v) is 6.32. The summed E-state index contributed by atoms with van der Waals surface area (Å²) in [6, 6.07) is 10.6. The average molecular weight is 276 g/mol. The van der Waals surface area contributed by atoms with Crippen molar-refractivity contribution in [1.29, 1.82) is 10.5 Å². The van der Waals surface area contributed by atoms with Crippen LogP contribution >= 0.6 is 0 Å². The predicted molar refractivity (Wildman–Crippen MR) is 79.1 cm³/mol. The Labute approximate surface area is 122 Å². The molecule has 1 aromatic carbocycles. The van der Waals surface area contributed by atoms with E-state index in [-0.39, 0.29) is 5.71 Å². The summed E-state index contributed by atoms with van der Waals surface area (Å²) in [5, 5.41) is 20.8. The summed E-state index contributed by atoms with van der Waals surface area (Å²) in [5.41, 5.74) is 5.07. The number of benzene rings is 1. The summed E-state index contributed by atoms with van der Waals surface area (Å²) in [6.45, 7) is 2.05. The van der Waals surface area contributed by atoms with Gasteiger partial charge in [0.05, 0.1) is 5.69 Å². The molecule has 6 heteroatoms. The maximum Gasteiger partial charge on any atom is 0.237 e. The Bertz CT molecular complexity index is 701. The Morgan fingerprint density at radius 3 is 2.29 bits per heavy atom. The largest absolute Gasteiger partial charge is 0.277 e. The molecule has 0 radical (unpaired) electrons. The molecule has 2 aromatic rings. The highest BCUT2D eigenvalue weighted by Gasteiger charge is 2.01. The minimum Gasteiger partial charge on any atom is -0.277 e. The molecule has 0 spiro atoms. The van der Waals surface area contributed by atoms with Crippen molar-refractivity contribution in [2.24, 2.45) is 5.10 Å². The molecule has 0 bridgehead atoms. The van der Waals surface area contributed by atoms with E-state index in [2.05, 4.69) is 27.4 Å². The SMILES string of the molecule is CCc1cnc(-c2ccc(NN=C(C#N)C#N)cc2)nc1. The van der Waals surface area contributed by atoms with E-state index in [9.17, 15) is 0 Å². The maximum absolute atomic E-state index is 8.58. The maximum atomic E-state index is 8.58. The van der Waals surface area contributed by atoms with Crippen LogP contribution in [-0.2, 0) is 6.42 Å². The highest BCUT2D eigenvalue weighted by Crippen LogP contribution is 2.17. The molecule has 0 fully saturated rings. The first-order valence-electron chi connectivity index (χ1n) is 6.32. The lowest BCUT2D eigenvalue weighted by molar-refractivity contribution is 1.05. The third kappa shape index (κ3) is 3.62. The van der Waals surface area contributed by atoms with Crippen LogP contribution in [0.25, 0.3) is 11.4 Å². The van der Waals surface area contributed by atoms with Crippen LogP contribution in [0.2, 0.25) is 0 Å². The van der Waals surface area contributed by atoms with Gasteiger partial charge >= 0.3 is 0 Å². The lowest BCUT2D eigenvalue weighted by Gasteiger charge is -2.03. The molecule has 102 valence electrons. The van der Waals surface area contributed by atoms with Crippen molar-refractivity contribution in [3.05, 3.63) is 42.2 Å². The van der Waals surface area contributed by atoms with Crippen molar-refractivity contribution < 1.29 is 0 Å². The number of nitrogens with one attached hydrogen (secondary N) is 1. The minimum atomic E-state index is -0.224. The van der Waals surface area contributed by atoms with Crippen LogP contribution in [0.1, 0.15) is 12.5 Å². The van der Waals surface area contributed by atoms with Gasteiger partial charge in [-0.3, -0.25) is 5.43 Å². The molecule has 1 heterocycles. The van der Waals surface area contributed by atoms with E-state index in [1.165, 1.54) is 0 Å². The van der Waals surface area contributed by atoms with Crippen LogP contribution in [0.5, 0.6) is 0 Å². The van der Waals surface area contributed by atoms with Crippen LogP contribution in [0.4, 0.5) is 5.69 Å². The predicted octanol–water partition coefficient (Wildman–Crippen LogP) is 2.52. The van der Waals surface area contributed by atoms with Gasteiger partial charge in [0.1, 0.15) is 12.1 Å². The fourth-order valence-corrected chi connectivity index (χ4v) is 1.58. The summed E-state index contributed by atoms with van der Waals surface area (Å²) in [4.78, 5) is 8.61. The molecule has 1 aromatic heterocycles. The summed E-state index contributed by atoms with van der Waals surface area (Å²) < 4.78 is 0. The molecule has 0 amide bonds. The third-order valence-corrected chi connectivity index (χ3v) is 2.77. The topological polar surface area (TPSA) is 97.8 Å². The second kappa shape index (κ2) is 6.78. The fraction of sp³-hybridized carbons (Fsp3) is 0.133. The summed E-state index contributed by atoms with van der Waals surface area (Å²) in [6.07, 6.45) is 4.52. The Hall–Kier alpha value is -3.25. The van der Waals surface area contributed by atoms with Gasteiger partial charge in [-0.25, -0.2) is 9.97 Å². The summed E-state index contributed by atoms with van der Waals surface area (Å²) in [5.74, 6) is 0.650. The van der Waals surface area contributed by atoms with Gasteiger partial charge in [-0.2, -0.15) is 15.6 Å². The van der Waals surface area contributed by atoms with E-state index >= 15 is 0 Å². The van der Waals surface area contributed by atoms with Crippen LogP contribution in [0.15, 0.2) is 41.8 Å². The molecule has 6 nitrogen and oxygen atoms in total. The number of nitrogens with zero attached hydrogens (tertiary/aromatic N) is 5. The molecule has 0 unspecified atom stereocenters. The Morgan fingerprint density at radius 2 is 1.76 bits per heavy atom. The van der Waals surface area contributed by atoms with Gasteiger partial charge in [0.25, 0.3) is 0 Å². The van der Waals surface area contributed by atoms with Crippen LogP contribution < -0.4 is 5.43 Å². The molecule has 2 rings (SSSR count). The molecule has 21 heavy (non-hydrogen) atoms. The number of hydrazone groups is 1.